The lowest BCUT2D eigenvalue weighted by atomic mass is 10.1. The number of rotatable bonds is 5. The fourth-order valence-corrected chi connectivity index (χ4v) is 3.26. The van der Waals surface area contributed by atoms with Crippen molar-refractivity contribution in [3.05, 3.63) is 54.7 Å². The Morgan fingerprint density at radius 2 is 2.19 bits per heavy atom. The predicted molar refractivity (Wildman–Crippen MR) is 87.9 cm³/mol. The molecule has 1 N–H and O–H groups in total. The molecule has 1 heterocycles. The van der Waals surface area contributed by atoms with Crippen LogP contribution in [-0.4, -0.2) is 17.1 Å². The fraction of sp³-hybridized carbons (Fsp3) is 0.286. The van der Waals surface area contributed by atoms with Crippen molar-refractivity contribution < 1.29 is 10.0 Å². The number of nitro groups is 1. The lowest BCUT2D eigenvalue weighted by Gasteiger charge is -2.19. The van der Waals surface area contributed by atoms with Gasteiger partial charge in [-0.1, -0.05) is 6.07 Å². The highest BCUT2D eigenvalue weighted by Crippen LogP contribution is 2.32. The molecule has 0 aliphatic rings. The van der Waals surface area contributed by atoms with Gasteiger partial charge in [0.2, 0.25) is 0 Å². The van der Waals surface area contributed by atoms with Gasteiger partial charge in [0.25, 0.3) is 5.69 Å². The molecule has 5 nitrogen and oxygen atoms in total. The SMILES string of the molecule is CC(O)c1ccc(N(C)Cc2csc(Br)c2)c([N+](=O)[O-])c1. The first-order valence-corrected chi connectivity index (χ1v) is 7.96. The van der Waals surface area contributed by atoms with Crippen molar-refractivity contribution in [2.24, 2.45) is 0 Å². The van der Waals surface area contributed by atoms with Gasteiger partial charge in [-0.2, -0.15) is 0 Å². The molecular formula is C14H15BrN2O3S. The van der Waals surface area contributed by atoms with E-state index in [1.165, 1.54) is 6.07 Å². The molecule has 2 rings (SSSR count). The third kappa shape index (κ3) is 3.81. The minimum atomic E-state index is -0.726. The van der Waals surface area contributed by atoms with E-state index in [0.717, 1.165) is 9.35 Å². The molecule has 1 unspecified atom stereocenters. The molecule has 7 heteroatoms. The van der Waals surface area contributed by atoms with Gasteiger partial charge < -0.3 is 10.0 Å². The number of aliphatic hydroxyl groups is 1. The summed E-state index contributed by atoms with van der Waals surface area (Å²) in [6, 6.07) is 6.83. The summed E-state index contributed by atoms with van der Waals surface area (Å²) in [5, 5.41) is 22.8. The monoisotopic (exact) mass is 370 g/mol. The van der Waals surface area contributed by atoms with Gasteiger partial charge in [-0.3, -0.25) is 10.1 Å². The van der Waals surface area contributed by atoms with E-state index in [1.807, 2.05) is 23.4 Å². The molecule has 1 aromatic carbocycles. The van der Waals surface area contributed by atoms with E-state index in [2.05, 4.69) is 15.9 Å². The highest BCUT2D eigenvalue weighted by atomic mass is 79.9. The first-order chi connectivity index (χ1) is 9.88. The van der Waals surface area contributed by atoms with E-state index >= 15 is 0 Å². The van der Waals surface area contributed by atoms with E-state index in [-0.39, 0.29) is 5.69 Å². The normalized spacial score (nSPS) is 12.2. The van der Waals surface area contributed by atoms with Crippen LogP contribution in [0.25, 0.3) is 0 Å². The Morgan fingerprint density at radius 3 is 2.71 bits per heavy atom. The second kappa shape index (κ2) is 6.55. The molecule has 0 bridgehead atoms. The van der Waals surface area contributed by atoms with Crippen molar-refractivity contribution in [3.63, 3.8) is 0 Å². The van der Waals surface area contributed by atoms with Crippen LogP contribution in [0.1, 0.15) is 24.2 Å². The summed E-state index contributed by atoms with van der Waals surface area (Å²) >= 11 is 4.99. The predicted octanol–water partition coefficient (Wildman–Crippen LogP) is 4.11. The summed E-state index contributed by atoms with van der Waals surface area (Å²) in [5.74, 6) is 0. The molecule has 0 fully saturated rings. The van der Waals surface area contributed by atoms with Crippen LogP contribution in [-0.2, 0) is 6.54 Å². The number of halogens is 1. The van der Waals surface area contributed by atoms with E-state index in [4.69, 9.17) is 0 Å². The number of benzene rings is 1. The first-order valence-electron chi connectivity index (χ1n) is 6.29. The second-order valence-corrected chi connectivity index (χ2v) is 7.09. The van der Waals surface area contributed by atoms with Gasteiger partial charge in [-0.25, -0.2) is 0 Å². The Hall–Kier alpha value is -1.44. The maximum absolute atomic E-state index is 11.2. The standard InChI is InChI=1S/C14H15BrN2O3S/c1-9(18)11-3-4-12(13(6-11)17(19)20)16(2)7-10-5-14(15)21-8-10/h3-6,8-9,18H,7H2,1-2H3. The third-order valence-corrected chi connectivity index (χ3v) is 4.68. The van der Waals surface area contributed by atoms with Crippen LogP contribution >= 0.6 is 27.3 Å². The molecule has 0 saturated carbocycles. The molecule has 0 amide bonds. The van der Waals surface area contributed by atoms with Crippen molar-refractivity contribution in [1.82, 2.24) is 0 Å². The van der Waals surface area contributed by atoms with Crippen LogP contribution in [0.3, 0.4) is 0 Å². The van der Waals surface area contributed by atoms with Gasteiger partial charge in [-0.15, -0.1) is 11.3 Å². The van der Waals surface area contributed by atoms with E-state index in [0.29, 0.717) is 17.8 Å². The summed E-state index contributed by atoms with van der Waals surface area (Å²) in [6.45, 7) is 2.17. The lowest BCUT2D eigenvalue weighted by Crippen LogP contribution is -2.17. The molecule has 0 saturated heterocycles. The van der Waals surface area contributed by atoms with Crippen LogP contribution in [0.5, 0.6) is 0 Å². The van der Waals surface area contributed by atoms with Crippen molar-refractivity contribution in [2.75, 3.05) is 11.9 Å². The maximum Gasteiger partial charge on any atom is 0.292 e. The Labute approximate surface area is 135 Å². The largest absolute Gasteiger partial charge is 0.389 e. The number of nitrogens with zero attached hydrogens (tertiary/aromatic N) is 2. The molecule has 2 aromatic rings. The fourth-order valence-electron chi connectivity index (χ4n) is 2.06. The van der Waals surface area contributed by atoms with Gasteiger partial charge in [-0.05, 0) is 51.5 Å². The highest BCUT2D eigenvalue weighted by molar-refractivity contribution is 9.11. The molecular weight excluding hydrogens is 356 g/mol. The molecule has 21 heavy (non-hydrogen) atoms. The van der Waals surface area contributed by atoms with Gasteiger partial charge in [0.15, 0.2) is 0 Å². The zero-order chi connectivity index (χ0) is 15.6. The van der Waals surface area contributed by atoms with Gasteiger partial charge in [0.05, 0.1) is 14.8 Å². The van der Waals surface area contributed by atoms with Crippen molar-refractivity contribution in [3.8, 4) is 0 Å². The zero-order valence-corrected chi connectivity index (χ0v) is 14.0. The van der Waals surface area contributed by atoms with Crippen LogP contribution in [0.4, 0.5) is 11.4 Å². The molecule has 1 aromatic heterocycles. The van der Waals surface area contributed by atoms with Crippen LogP contribution in [0, 0.1) is 10.1 Å². The van der Waals surface area contributed by atoms with Crippen molar-refractivity contribution in [2.45, 2.75) is 19.6 Å². The number of hydrogen-bond acceptors (Lipinski definition) is 5. The summed E-state index contributed by atoms with van der Waals surface area (Å²) < 4.78 is 1.03. The van der Waals surface area contributed by atoms with E-state index in [1.54, 1.807) is 30.4 Å². The van der Waals surface area contributed by atoms with Crippen molar-refractivity contribution >= 4 is 38.6 Å². The van der Waals surface area contributed by atoms with Crippen LogP contribution in [0.15, 0.2) is 33.4 Å². The lowest BCUT2D eigenvalue weighted by molar-refractivity contribution is -0.384. The molecule has 1 atom stereocenters. The summed E-state index contributed by atoms with van der Waals surface area (Å²) in [4.78, 5) is 12.7. The number of hydrogen-bond donors (Lipinski definition) is 1. The summed E-state index contributed by atoms with van der Waals surface area (Å²) in [6.07, 6.45) is -0.726. The maximum atomic E-state index is 11.2. The van der Waals surface area contributed by atoms with Gasteiger partial charge >= 0.3 is 0 Å². The smallest absolute Gasteiger partial charge is 0.292 e. The number of anilines is 1. The average Bonchev–Trinajstić information content (AvgIpc) is 2.83. The van der Waals surface area contributed by atoms with Gasteiger partial charge in [0, 0.05) is 19.7 Å². The quantitative estimate of drug-likeness (QED) is 0.635. The third-order valence-electron chi connectivity index (χ3n) is 3.13. The van der Waals surface area contributed by atoms with E-state index < -0.39 is 11.0 Å². The Bertz CT molecular complexity index is 657. The van der Waals surface area contributed by atoms with E-state index in [9.17, 15) is 15.2 Å². The topological polar surface area (TPSA) is 66.6 Å². The summed E-state index contributed by atoms with van der Waals surface area (Å²) in [7, 11) is 1.82. The zero-order valence-electron chi connectivity index (χ0n) is 11.6. The molecule has 0 aliphatic carbocycles. The van der Waals surface area contributed by atoms with Gasteiger partial charge in [0.1, 0.15) is 5.69 Å². The summed E-state index contributed by atoms with van der Waals surface area (Å²) in [5.41, 5.74) is 2.16. The Morgan fingerprint density at radius 1 is 1.48 bits per heavy atom. The Balaban J connectivity index is 2.31. The molecule has 0 radical (unpaired) electrons. The van der Waals surface area contributed by atoms with Crippen LogP contribution in [0.2, 0.25) is 0 Å². The molecule has 0 spiro atoms. The molecule has 112 valence electrons. The second-order valence-electron chi connectivity index (χ2n) is 4.80. The highest BCUT2D eigenvalue weighted by Gasteiger charge is 2.19. The average molecular weight is 371 g/mol. The van der Waals surface area contributed by atoms with Crippen molar-refractivity contribution in [1.29, 1.82) is 0 Å². The minimum Gasteiger partial charge on any atom is -0.389 e. The van der Waals surface area contributed by atoms with Crippen LogP contribution < -0.4 is 4.90 Å². The number of nitro benzene ring substituents is 1. The Kier molecular flexibility index (Phi) is 4.97. The molecule has 0 aliphatic heterocycles. The number of aliphatic hydroxyl groups excluding tert-OH is 1. The number of thiophene rings is 1. The minimum absolute atomic E-state index is 0.00481. The first kappa shape index (κ1) is 15.9.